The Hall–Kier alpha value is -1.54. The first kappa shape index (κ1) is 28.5. The van der Waals surface area contributed by atoms with Crippen molar-refractivity contribution in [3.8, 4) is 0 Å². The molecule has 0 aliphatic carbocycles. The van der Waals surface area contributed by atoms with Gasteiger partial charge in [0, 0.05) is 10.1 Å². The summed E-state index contributed by atoms with van der Waals surface area (Å²) in [6, 6.07) is 20.6. The smallest absolute Gasteiger partial charge is 0.349 e. The van der Waals surface area contributed by atoms with Crippen molar-refractivity contribution in [2.45, 2.75) is 109 Å². The average Bonchev–Trinajstić information content (AvgIpc) is 2.99. The van der Waals surface area contributed by atoms with Crippen LogP contribution in [0, 0.1) is 0 Å². The van der Waals surface area contributed by atoms with Gasteiger partial charge in [-0.05, 0) is 30.9 Å². The molecule has 2 heterocycles. The molecule has 0 unspecified atom stereocenters. The van der Waals surface area contributed by atoms with Crippen LogP contribution in [0.15, 0.2) is 60.7 Å². The van der Waals surface area contributed by atoms with Crippen LogP contribution in [-0.2, 0) is 36.3 Å². The molecule has 0 spiro atoms. The van der Waals surface area contributed by atoms with E-state index in [0.29, 0.717) is 26.4 Å². The highest BCUT2D eigenvalue weighted by molar-refractivity contribution is 6.73. The van der Waals surface area contributed by atoms with Gasteiger partial charge in [-0.1, -0.05) is 102 Å². The molecular formula is C31H46O5Si. The molecule has 204 valence electrons. The topological polar surface area (TPSA) is 46.2 Å². The van der Waals surface area contributed by atoms with Gasteiger partial charge in [-0.2, -0.15) is 0 Å². The van der Waals surface area contributed by atoms with Crippen LogP contribution >= 0.6 is 0 Å². The standard InChI is InChI=1S/C31H46O5Si/c1-29(2,3)37(30(4,5)6)34-22-27-26(36-37)18-19-31(7,33-21-25-16-12-9-13-17-25)28(35-27)23-32-20-24-14-10-8-11-15-24/h8-17,26-28H,18-23H2,1-7H3/t26-,27+,28-,31+/m0/s1. The van der Waals surface area contributed by atoms with Gasteiger partial charge in [0.15, 0.2) is 0 Å². The fourth-order valence-electron chi connectivity index (χ4n) is 5.92. The van der Waals surface area contributed by atoms with E-state index < -0.39 is 14.2 Å². The van der Waals surface area contributed by atoms with Gasteiger partial charge in [0.2, 0.25) is 0 Å². The quantitative estimate of drug-likeness (QED) is 0.358. The normalized spacial score (nSPS) is 28.4. The first-order chi connectivity index (χ1) is 17.4. The van der Waals surface area contributed by atoms with Crippen molar-refractivity contribution in [1.82, 2.24) is 0 Å². The lowest BCUT2D eigenvalue weighted by atomic mass is 9.92. The van der Waals surface area contributed by atoms with Gasteiger partial charge in [-0.25, -0.2) is 0 Å². The third-order valence-corrected chi connectivity index (χ3v) is 13.1. The molecule has 0 N–H and O–H groups in total. The van der Waals surface area contributed by atoms with Gasteiger partial charge in [0.05, 0.1) is 38.1 Å². The van der Waals surface area contributed by atoms with E-state index in [1.54, 1.807) is 0 Å². The number of rotatable bonds is 7. The molecule has 2 aromatic carbocycles. The van der Waals surface area contributed by atoms with Crippen LogP contribution < -0.4 is 0 Å². The summed E-state index contributed by atoms with van der Waals surface area (Å²) < 4.78 is 33.5. The second-order valence-corrected chi connectivity index (χ2v) is 17.6. The molecule has 2 fully saturated rings. The maximum absolute atomic E-state index is 7.06. The van der Waals surface area contributed by atoms with Crippen molar-refractivity contribution >= 4 is 8.56 Å². The summed E-state index contributed by atoms with van der Waals surface area (Å²) in [6.45, 7) is 17.8. The Morgan fingerprint density at radius 3 is 1.97 bits per heavy atom. The Morgan fingerprint density at radius 2 is 1.41 bits per heavy atom. The van der Waals surface area contributed by atoms with Crippen molar-refractivity contribution in [1.29, 1.82) is 0 Å². The van der Waals surface area contributed by atoms with Crippen LogP contribution in [0.5, 0.6) is 0 Å². The van der Waals surface area contributed by atoms with Crippen LogP contribution in [0.25, 0.3) is 0 Å². The lowest BCUT2D eigenvalue weighted by molar-refractivity contribution is -0.193. The van der Waals surface area contributed by atoms with Crippen molar-refractivity contribution in [2.75, 3.05) is 13.2 Å². The monoisotopic (exact) mass is 526 g/mol. The first-order valence-electron chi connectivity index (χ1n) is 13.7. The van der Waals surface area contributed by atoms with Crippen LogP contribution in [0.4, 0.5) is 0 Å². The predicted octanol–water partition coefficient (Wildman–Crippen LogP) is 7.18. The molecule has 0 bridgehead atoms. The van der Waals surface area contributed by atoms with Crippen LogP contribution in [0.1, 0.15) is 72.4 Å². The van der Waals surface area contributed by atoms with E-state index in [4.69, 9.17) is 23.1 Å². The van der Waals surface area contributed by atoms with Crippen LogP contribution in [-0.4, -0.2) is 45.7 Å². The molecule has 5 nitrogen and oxygen atoms in total. The fraction of sp³-hybridized carbons (Fsp3) is 0.613. The molecule has 2 saturated heterocycles. The molecule has 0 saturated carbocycles. The van der Waals surface area contributed by atoms with Crippen LogP contribution in [0.2, 0.25) is 10.1 Å². The van der Waals surface area contributed by atoms with E-state index in [9.17, 15) is 0 Å². The molecule has 2 aromatic rings. The number of benzene rings is 2. The Balaban J connectivity index is 1.53. The Bertz CT molecular complexity index is 970. The van der Waals surface area contributed by atoms with Crippen LogP contribution in [0.3, 0.4) is 0 Å². The Labute approximate surface area is 225 Å². The number of hydrogen-bond donors (Lipinski definition) is 0. The highest BCUT2D eigenvalue weighted by Gasteiger charge is 2.62. The predicted molar refractivity (Wildman–Crippen MR) is 150 cm³/mol. The van der Waals surface area contributed by atoms with E-state index in [-0.39, 0.29) is 28.4 Å². The largest absolute Gasteiger partial charge is 0.391 e. The minimum absolute atomic E-state index is 0.0161. The summed E-state index contributed by atoms with van der Waals surface area (Å²) in [4.78, 5) is 0. The van der Waals surface area contributed by atoms with E-state index >= 15 is 0 Å². The maximum atomic E-state index is 7.06. The highest BCUT2D eigenvalue weighted by atomic mass is 28.4. The minimum atomic E-state index is -2.58. The van der Waals surface area contributed by atoms with Crippen molar-refractivity contribution in [3.63, 3.8) is 0 Å². The molecule has 6 heteroatoms. The second-order valence-electron chi connectivity index (χ2n) is 12.9. The zero-order chi connectivity index (χ0) is 26.7. The molecule has 4 rings (SSSR count). The SMILES string of the molecule is CC(C)(C)[Si]1(C(C)(C)C)OC[C@H]2O[C@@H](COCc3ccccc3)[C@](C)(OCc3ccccc3)CC[C@@H]2O1. The summed E-state index contributed by atoms with van der Waals surface area (Å²) in [5, 5.41) is -0.123. The molecule has 0 radical (unpaired) electrons. The average molecular weight is 527 g/mol. The number of ether oxygens (including phenoxy) is 3. The molecule has 0 amide bonds. The fourth-order valence-corrected chi connectivity index (χ4v) is 10.9. The minimum Gasteiger partial charge on any atom is -0.391 e. The van der Waals surface area contributed by atoms with Gasteiger partial charge in [0.1, 0.15) is 12.2 Å². The van der Waals surface area contributed by atoms with Crippen molar-refractivity contribution < 1.29 is 23.1 Å². The first-order valence-corrected chi connectivity index (χ1v) is 15.5. The number of hydrogen-bond acceptors (Lipinski definition) is 5. The van der Waals surface area contributed by atoms with Crippen molar-refractivity contribution in [3.05, 3.63) is 71.8 Å². The molecule has 2 aliphatic rings. The van der Waals surface area contributed by atoms with Gasteiger partial charge < -0.3 is 23.1 Å². The summed E-state index contributed by atoms with van der Waals surface area (Å²) >= 11 is 0. The molecule has 4 atom stereocenters. The van der Waals surface area contributed by atoms with Gasteiger partial charge in [-0.15, -0.1) is 0 Å². The van der Waals surface area contributed by atoms with E-state index in [1.165, 1.54) is 0 Å². The lowest BCUT2D eigenvalue weighted by Gasteiger charge is -2.54. The molecule has 2 aliphatic heterocycles. The maximum Gasteiger partial charge on any atom is 0.349 e. The third kappa shape index (κ3) is 6.38. The molecule has 0 aromatic heterocycles. The third-order valence-electron chi connectivity index (χ3n) is 7.90. The summed E-state index contributed by atoms with van der Waals surface area (Å²) in [5.74, 6) is 0. The summed E-state index contributed by atoms with van der Waals surface area (Å²) in [7, 11) is -2.58. The zero-order valence-corrected chi connectivity index (χ0v) is 24.8. The molecule has 37 heavy (non-hydrogen) atoms. The van der Waals surface area contributed by atoms with Gasteiger partial charge in [0.25, 0.3) is 0 Å². The van der Waals surface area contributed by atoms with E-state index in [2.05, 4.69) is 72.7 Å². The summed E-state index contributed by atoms with van der Waals surface area (Å²) in [5.41, 5.74) is 1.79. The van der Waals surface area contributed by atoms with Gasteiger partial charge in [-0.3, -0.25) is 0 Å². The second kappa shape index (κ2) is 11.3. The summed E-state index contributed by atoms with van der Waals surface area (Å²) in [6.07, 6.45) is 1.31. The Morgan fingerprint density at radius 1 is 0.838 bits per heavy atom. The lowest BCUT2D eigenvalue weighted by Crippen LogP contribution is -2.65. The van der Waals surface area contributed by atoms with Crippen molar-refractivity contribution in [2.24, 2.45) is 0 Å². The van der Waals surface area contributed by atoms with E-state index in [0.717, 1.165) is 24.0 Å². The Kier molecular flexibility index (Phi) is 8.68. The highest BCUT2D eigenvalue weighted by Crippen LogP contribution is 2.55. The van der Waals surface area contributed by atoms with E-state index in [1.807, 2.05) is 36.4 Å². The van der Waals surface area contributed by atoms with Gasteiger partial charge >= 0.3 is 8.56 Å². The molecular weight excluding hydrogens is 480 g/mol. The zero-order valence-electron chi connectivity index (χ0n) is 23.8. The number of fused-ring (bicyclic) bond motifs is 1.